The van der Waals surface area contributed by atoms with Gasteiger partial charge in [0, 0.05) is 19.3 Å². The SMILES string of the molecule is COc1cccc(C[C@@]2(C(=O)O)CCCN(c3nccc4occc34)C2)c1. The van der Waals surface area contributed by atoms with Gasteiger partial charge in [-0.15, -0.1) is 0 Å². The Morgan fingerprint density at radius 2 is 2.26 bits per heavy atom. The lowest BCUT2D eigenvalue weighted by molar-refractivity contribution is -0.149. The van der Waals surface area contributed by atoms with Gasteiger partial charge in [-0.1, -0.05) is 12.1 Å². The first-order chi connectivity index (χ1) is 13.1. The number of ether oxygens (including phenoxy) is 1. The first-order valence-electron chi connectivity index (χ1n) is 9.05. The molecule has 0 radical (unpaired) electrons. The Labute approximate surface area is 157 Å². The minimum Gasteiger partial charge on any atom is -0.497 e. The lowest BCUT2D eigenvalue weighted by Gasteiger charge is -2.40. The lowest BCUT2D eigenvalue weighted by Crippen LogP contribution is -2.49. The molecule has 27 heavy (non-hydrogen) atoms. The molecule has 3 heterocycles. The number of carbonyl (C=O) groups is 1. The van der Waals surface area contributed by atoms with Crippen LogP contribution in [0.2, 0.25) is 0 Å². The van der Waals surface area contributed by atoms with Crippen LogP contribution in [0.1, 0.15) is 18.4 Å². The first kappa shape index (κ1) is 17.4. The predicted molar refractivity (Wildman–Crippen MR) is 102 cm³/mol. The molecular weight excluding hydrogens is 344 g/mol. The summed E-state index contributed by atoms with van der Waals surface area (Å²) in [4.78, 5) is 18.9. The average molecular weight is 366 g/mol. The topological polar surface area (TPSA) is 75.8 Å². The molecule has 2 aromatic heterocycles. The van der Waals surface area contributed by atoms with Crippen molar-refractivity contribution in [1.29, 1.82) is 0 Å². The number of hydrogen-bond acceptors (Lipinski definition) is 5. The largest absolute Gasteiger partial charge is 0.497 e. The molecule has 140 valence electrons. The number of furan rings is 1. The monoisotopic (exact) mass is 366 g/mol. The highest BCUT2D eigenvalue weighted by Crippen LogP contribution is 2.38. The van der Waals surface area contributed by atoms with Crippen LogP contribution in [0.25, 0.3) is 11.0 Å². The van der Waals surface area contributed by atoms with E-state index < -0.39 is 11.4 Å². The van der Waals surface area contributed by atoms with Gasteiger partial charge in [0.05, 0.1) is 24.2 Å². The second-order valence-electron chi connectivity index (χ2n) is 7.11. The fraction of sp³-hybridized carbons (Fsp3) is 0.333. The zero-order valence-corrected chi connectivity index (χ0v) is 15.2. The van der Waals surface area contributed by atoms with Gasteiger partial charge < -0.3 is 19.2 Å². The summed E-state index contributed by atoms with van der Waals surface area (Å²) in [6.45, 7) is 1.20. The Kier molecular flexibility index (Phi) is 4.48. The molecule has 1 N–H and O–H groups in total. The van der Waals surface area contributed by atoms with Crippen LogP contribution in [0.15, 0.2) is 53.3 Å². The smallest absolute Gasteiger partial charge is 0.311 e. The standard InChI is InChI=1S/C21H22N2O4/c1-26-16-5-2-4-15(12-16)13-21(20(24)25)8-3-10-23(14-21)19-17-7-11-27-18(17)6-9-22-19/h2,4-7,9,11-12H,3,8,10,13-14H2,1H3,(H,24,25)/t21-/m0/s1. The van der Waals surface area contributed by atoms with E-state index in [1.165, 1.54) is 0 Å². The van der Waals surface area contributed by atoms with Gasteiger partial charge in [0.2, 0.25) is 0 Å². The Bertz CT molecular complexity index is 967. The summed E-state index contributed by atoms with van der Waals surface area (Å²) in [6, 6.07) is 11.4. The number of carboxylic acid groups (broad SMARTS) is 1. The fourth-order valence-corrected chi connectivity index (χ4v) is 4.01. The van der Waals surface area contributed by atoms with Crippen LogP contribution in [0.3, 0.4) is 0 Å². The number of fused-ring (bicyclic) bond motifs is 1. The van der Waals surface area contributed by atoms with Crippen molar-refractivity contribution in [3.63, 3.8) is 0 Å². The Morgan fingerprint density at radius 1 is 1.37 bits per heavy atom. The van der Waals surface area contributed by atoms with E-state index in [2.05, 4.69) is 9.88 Å². The first-order valence-corrected chi connectivity index (χ1v) is 9.05. The van der Waals surface area contributed by atoms with Crippen LogP contribution in [-0.4, -0.2) is 36.3 Å². The molecule has 1 saturated heterocycles. The maximum Gasteiger partial charge on any atom is 0.311 e. The van der Waals surface area contributed by atoms with E-state index in [-0.39, 0.29) is 0 Å². The third-order valence-electron chi connectivity index (χ3n) is 5.37. The number of aromatic nitrogens is 1. The molecule has 0 bridgehead atoms. The molecule has 0 saturated carbocycles. The molecule has 6 nitrogen and oxygen atoms in total. The summed E-state index contributed by atoms with van der Waals surface area (Å²) in [5.41, 5.74) is 0.866. The van der Waals surface area contributed by atoms with Gasteiger partial charge in [-0.05, 0) is 49.1 Å². The molecular formula is C21H22N2O4. The number of aliphatic carboxylic acids is 1. The van der Waals surface area contributed by atoms with Crippen LogP contribution in [-0.2, 0) is 11.2 Å². The molecule has 1 fully saturated rings. The maximum atomic E-state index is 12.3. The Morgan fingerprint density at radius 3 is 3.07 bits per heavy atom. The minimum absolute atomic E-state index is 0.414. The molecule has 1 atom stereocenters. The number of nitrogens with zero attached hydrogens (tertiary/aromatic N) is 2. The van der Waals surface area contributed by atoms with E-state index in [4.69, 9.17) is 9.15 Å². The Hall–Kier alpha value is -3.02. The van der Waals surface area contributed by atoms with Crippen LogP contribution >= 0.6 is 0 Å². The molecule has 0 amide bonds. The number of hydrogen-bond donors (Lipinski definition) is 1. The highest BCUT2D eigenvalue weighted by Gasteiger charge is 2.43. The zero-order chi connectivity index (χ0) is 18.9. The number of piperidine rings is 1. The third kappa shape index (κ3) is 3.23. The summed E-state index contributed by atoms with van der Waals surface area (Å²) in [6.07, 6.45) is 5.24. The average Bonchev–Trinajstić information content (AvgIpc) is 3.17. The van der Waals surface area contributed by atoms with Gasteiger partial charge in [0.25, 0.3) is 0 Å². The molecule has 3 aromatic rings. The second-order valence-corrected chi connectivity index (χ2v) is 7.11. The molecule has 0 aliphatic carbocycles. The number of anilines is 1. The van der Waals surface area contributed by atoms with Gasteiger partial charge in [0.1, 0.15) is 17.2 Å². The van der Waals surface area contributed by atoms with E-state index >= 15 is 0 Å². The highest BCUT2D eigenvalue weighted by atomic mass is 16.5. The van der Waals surface area contributed by atoms with E-state index in [0.29, 0.717) is 19.4 Å². The van der Waals surface area contributed by atoms with Gasteiger partial charge in [-0.3, -0.25) is 4.79 Å². The van der Waals surface area contributed by atoms with Crippen LogP contribution in [0.4, 0.5) is 5.82 Å². The maximum absolute atomic E-state index is 12.3. The second kappa shape index (κ2) is 6.95. The van der Waals surface area contributed by atoms with E-state index in [1.54, 1.807) is 19.6 Å². The summed E-state index contributed by atoms with van der Waals surface area (Å²) >= 11 is 0. The number of carboxylic acids is 1. The lowest BCUT2D eigenvalue weighted by atomic mass is 9.75. The van der Waals surface area contributed by atoms with Crippen molar-refractivity contribution >= 4 is 22.8 Å². The number of rotatable bonds is 5. The molecule has 6 heteroatoms. The number of pyridine rings is 1. The van der Waals surface area contributed by atoms with Gasteiger partial charge in [-0.2, -0.15) is 0 Å². The van der Waals surface area contributed by atoms with Crippen molar-refractivity contribution in [2.75, 3.05) is 25.1 Å². The Balaban J connectivity index is 1.66. The van der Waals surface area contributed by atoms with E-state index in [9.17, 15) is 9.90 Å². The van der Waals surface area contributed by atoms with Crippen molar-refractivity contribution in [3.8, 4) is 5.75 Å². The highest BCUT2D eigenvalue weighted by molar-refractivity contribution is 5.89. The van der Waals surface area contributed by atoms with Crippen molar-refractivity contribution in [3.05, 3.63) is 54.4 Å². The van der Waals surface area contributed by atoms with Crippen LogP contribution in [0, 0.1) is 5.41 Å². The normalized spacial score (nSPS) is 20.0. The van der Waals surface area contributed by atoms with E-state index in [1.807, 2.05) is 36.4 Å². The minimum atomic E-state index is -0.863. The number of benzene rings is 1. The molecule has 4 rings (SSSR count). The van der Waals surface area contributed by atoms with Gasteiger partial charge >= 0.3 is 5.97 Å². The predicted octanol–water partition coefficient (Wildman–Crippen LogP) is 3.75. The van der Waals surface area contributed by atoms with Crippen molar-refractivity contribution in [2.45, 2.75) is 19.3 Å². The fourth-order valence-electron chi connectivity index (χ4n) is 4.01. The van der Waals surface area contributed by atoms with Crippen LogP contribution in [0.5, 0.6) is 5.75 Å². The summed E-state index contributed by atoms with van der Waals surface area (Å²) < 4.78 is 10.8. The van der Waals surface area contributed by atoms with E-state index in [0.717, 1.165) is 41.1 Å². The summed E-state index contributed by atoms with van der Waals surface area (Å²) in [5, 5.41) is 11.0. The molecule has 0 unspecified atom stereocenters. The van der Waals surface area contributed by atoms with Gasteiger partial charge in [-0.25, -0.2) is 4.98 Å². The molecule has 0 spiro atoms. The van der Waals surface area contributed by atoms with Crippen molar-refractivity contribution < 1.29 is 19.1 Å². The van der Waals surface area contributed by atoms with Crippen LogP contribution < -0.4 is 9.64 Å². The summed E-state index contributed by atoms with van der Waals surface area (Å²) in [5.74, 6) is 0.761. The summed E-state index contributed by atoms with van der Waals surface area (Å²) in [7, 11) is 1.62. The molecule has 1 aromatic carbocycles. The number of methoxy groups -OCH3 is 1. The zero-order valence-electron chi connectivity index (χ0n) is 15.2. The van der Waals surface area contributed by atoms with Crippen molar-refractivity contribution in [1.82, 2.24) is 4.98 Å². The third-order valence-corrected chi connectivity index (χ3v) is 5.37. The van der Waals surface area contributed by atoms with Crippen molar-refractivity contribution in [2.24, 2.45) is 5.41 Å². The molecule has 1 aliphatic heterocycles. The molecule has 1 aliphatic rings. The quantitative estimate of drug-likeness (QED) is 0.741. The van der Waals surface area contributed by atoms with Gasteiger partial charge in [0.15, 0.2) is 0 Å².